The molecule has 0 aliphatic carbocycles. The lowest BCUT2D eigenvalue weighted by Crippen LogP contribution is -2.25. The summed E-state index contributed by atoms with van der Waals surface area (Å²) in [6, 6.07) is 0.486. The fourth-order valence-electron chi connectivity index (χ4n) is 2.63. The van der Waals surface area contributed by atoms with Crippen molar-refractivity contribution in [3.05, 3.63) is 17.5 Å². The van der Waals surface area contributed by atoms with Gasteiger partial charge >= 0.3 is 0 Å². The molecule has 0 bridgehead atoms. The molecule has 2 rings (SSSR count). The third-order valence-corrected chi connectivity index (χ3v) is 4.22. The molecule has 1 aromatic rings. The minimum absolute atomic E-state index is 0.486. The van der Waals surface area contributed by atoms with Crippen LogP contribution in [0.15, 0.2) is 6.20 Å². The van der Waals surface area contributed by atoms with Gasteiger partial charge in [-0.05, 0) is 25.2 Å². The minimum atomic E-state index is 0.486. The molecule has 4 nitrogen and oxygen atoms in total. The summed E-state index contributed by atoms with van der Waals surface area (Å²) in [5.74, 6) is 2.43. The van der Waals surface area contributed by atoms with Crippen LogP contribution in [-0.4, -0.2) is 29.1 Å². The number of hydrogen-bond acceptors (Lipinski definition) is 4. The van der Waals surface area contributed by atoms with E-state index >= 15 is 0 Å². The third-order valence-electron chi connectivity index (χ3n) is 4.22. The summed E-state index contributed by atoms with van der Waals surface area (Å²) >= 11 is 0. The molecule has 1 atom stereocenters. The Morgan fingerprint density at radius 2 is 2.10 bits per heavy atom. The number of aryl methyl sites for hydroxylation is 1. The molecule has 1 aliphatic rings. The van der Waals surface area contributed by atoms with Gasteiger partial charge in [0.1, 0.15) is 0 Å². The van der Waals surface area contributed by atoms with Crippen molar-refractivity contribution >= 4 is 5.95 Å². The van der Waals surface area contributed by atoms with E-state index in [9.17, 15) is 0 Å². The molecule has 0 amide bonds. The van der Waals surface area contributed by atoms with E-state index in [0.29, 0.717) is 6.04 Å². The first kappa shape index (κ1) is 15.2. The quantitative estimate of drug-likeness (QED) is 0.898. The van der Waals surface area contributed by atoms with Crippen molar-refractivity contribution in [3.63, 3.8) is 0 Å². The van der Waals surface area contributed by atoms with E-state index in [1.54, 1.807) is 0 Å². The maximum Gasteiger partial charge on any atom is 0.225 e. The van der Waals surface area contributed by atoms with Gasteiger partial charge in [-0.25, -0.2) is 9.97 Å². The number of hydrogen-bond donors (Lipinski definition) is 1. The minimum Gasteiger partial charge on any atom is -0.341 e. The molecule has 0 saturated carbocycles. The molecule has 0 radical (unpaired) electrons. The second-order valence-corrected chi connectivity index (χ2v) is 6.56. The Morgan fingerprint density at radius 1 is 1.35 bits per heavy atom. The van der Waals surface area contributed by atoms with Gasteiger partial charge in [-0.3, -0.25) is 0 Å². The first-order valence-electron chi connectivity index (χ1n) is 7.78. The lowest BCUT2D eigenvalue weighted by molar-refractivity contribution is 0.422. The molecule has 2 heterocycles. The van der Waals surface area contributed by atoms with Crippen LogP contribution in [0.5, 0.6) is 0 Å². The highest BCUT2D eigenvalue weighted by Crippen LogP contribution is 2.26. The van der Waals surface area contributed by atoms with Crippen LogP contribution in [-0.2, 0) is 6.54 Å². The van der Waals surface area contributed by atoms with Crippen molar-refractivity contribution in [2.75, 3.05) is 18.0 Å². The predicted octanol–water partition coefficient (Wildman–Crippen LogP) is 2.77. The van der Waals surface area contributed by atoms with Crippen LogP contribution >= 0.6 is 0 Å². The smallest absolute Gasteiger partial charge is 0.225 e. The summed E-state index contributed by atoms with van der Waals surface area (Å²) in [7, 11) is 0. The van der Waals surface area contributed by atoms with Crippen LogP contribution in [0.3, 0.4) is 0 Å². The molecule has 4 heteroatoms. The topological polar surface area (TPSA) is 41.1 Å². The molecular weight excluding hydrogens is 248 g/mol. The van der Waals surface area contributed by atoms with Crippen molar-refractivity contribution in [3.8, 4) is 0 Å². The number of nitrogens with zero attached hydrogens (tertiary/aromatic N) is 3. The van der Waals surface area contributed by atoms with E-state index in [1.165, 1.54) is 12.0 Å². The molecule has 1 aromatic heterocycles. The maximum absolute atomic E-state index is 4.70. The number of rotatable bonds is 5. The Bertz CT molecular complexity index is 442. The summed E-state index contributed by atoms with van der Waals surface area (Å²) in [6.07, 6.45) is 3.24. The van der Waals surface area contributed by atoms with E-state index < -0.39 is 0 Å². The Kier molecular flexibility index (Phi) is 4.97. The monoisotopic (exact) mass is 276 g/mol. The number of aromatic nitrogens is 2. The van der Waals surface area contributed by atoms with Gasteiger partial charge < -0.3 is 10.2 Å². The van der Waals surface area contributed by atoms with Gasteiger partial charge in [0.15, 0.2) is 0 Å². The summed E-state index contributed by atoms with van der Waals surface area (Å²) in [5, 5.41) is 3.42. The van der Waals surface area contributed by atoms with E-state index in [1.807, 2.05) is 6.20 Å². The Morgan fingerprint density at radius 3 is 2.65 bits per heavy atom. The standard InChI is InChI=1S/C16H28N4/c1-11(2)14-6-7-20(10-14)16-18-9-15(13(5)19-16)8-17-12(3)4/h9,11-12,14,17H,6-8,10H2,1-5H3. The fourth-order valence-corrected chi connectivity index (χ4v) is 2.63. The normalized spacial score (nSPS) is 19.4. The third kappa shape index (κ3) is 3.69. The Hall–Kier alpha value is -1.16. The zero-order chi connectivity index (χ0) is 14.7. The van der Waals surface area contributed by atoms with Crippen LogP contribution < -0.4 is 10.2 Å². The largest absolute Gasteiger partial charge is 0.341 e. The molecule has 1 fully saturated rings. The van der Waals surface area contributed by atoms with E-state index in [2.05, 4.69) is 49.8 Å². The Balaban J connectivity index is 2.02. The first-order chi connectivity index (χ1) is 9.47. The molecule has 20 heavy (non-hydrogen) atoms. The van der Waals surface area contributed by atoms with Crippen LogP contribution in [0.4, 0.5) is 5.95 Å². The van der Waals surface area contributed by atoms with Crippen molar-refractivity contribution in [1.29, 1.82) is 0 Å². The van der Waals surface area contributed by atoms with Gasteiger partial charge in [-0.2, -0.15) is 0 Å². The average Bonchev–Trinajstić information content (AvgIpc) is 2.86. The van der Waals surface area contributed by atoms with Crippen LogP contribution in [0.25, 0.3) is 0 Å². The average molecular weight is 276 g/mol. The molecule has 1 N–H and O–H groups in total. The van der Waals surface area contributed by atoms with E-state index in [4.69, 9.17) is 4.98 Å². The highest BCUT2D eigenvalue weighted by molar-refractivity contribution is 5.34. The highest BCUT2D eigenvalue weighted by atomic mass is 15.3. The lowest BCUT2D eigenvalue weighted by atomic mass is 9.95. The SMILES string of the molecule is Cc1nc(N2CCC(C(C)C)C2)ncc1CNC(C)C. The number of anilines is 1. The van der Waals surface area contributed by atoms with Crippen molar-refractivity contribution in [2.24, 2.45) is 11.8 Å². The molecular formula is C16H28N4. The van der Waals surface area contributed by atoms with Gasteiger partial charge in [0.25, 0.3) is 0 Å². The molecule has 0 aromatic carbocycles. The van der Waals surface area contributed by atoms with Gasteiger partial charge in [-0.1, -0.05) is 27.7 Å². The second-order valence-electron chi connectivity index (χ2n) is 6.56. The van der Waals surface area contributed by atoms with Gasteiger partial charge in [0.05, 0.1) is 0 Å². The second kappa shape index (κ2) is 6.53. The predicted molar refractivity (Wildman–Crippen MR) is 83.9 cm³/mol. The van der Waals surface area contributed by atoms with Gasteiger partial charge in [0, 0.05) is 43.1 Å². The zero-order valence-corrected chi connectivity index (χ0v) is 13.5. The number of nitrogens with one attached hydrogen (secondary N) is 1. The van der Waals surface area contributed by atoms with Crippen LogP contribution in [0.1, 0.15) is 45.4 Å². The summed E-state index contributed by atoms with van der Waals surface area (Å²) < 4.78 is 0. The summed E-state index contributed by atoms with van der Waals surface area (Å²) in [6.45, 7) is 14.0. The van der Waals surface area contributed by atoms with Gasteiger partial charge in [0.2, 0.25) is 5.95 Å². The highest BCUT2D eigenvalue weighted by Gasteiger charge is 2.26. The molecule has 1 unspecified atom stereocenters. The zero-order valence-electron chi connectivity index (χ0n) is 13.5. The summed E-state index contributed by atoms with van der Waals surface area (Å²) in [5.41, 5.74) is 2.29. The van der Waals surface area contributed by atoms with Crippen molar-refractivity contribution in [2.45, 2.75) is 53.6 Å². The van der Waals surface area contributed by atoms with Crippen LogP contribution in [0.2, 0.25) is 0 Å². The molecule has 1 aliphatic heterocycles. The van der Waals surface area contributed by atoms with E-state index in [0.717, 1.165) is 43.1 Å². The fraction of sp³-hybridized carbons (Fsp3) is 0.750. The summed E-state index contributed by atoms with van der Waals surface area (Å²) in [4.78, 5) is 11.6. The van der Waals surface area contributed by atoms with Crippen molar-refractivity contribution in [1.82, 2.24) is 15.3 Å². The lowest BCUT2D eigenvalue weighted by Gasteiger charge is -2.19. The van der Waals surface area contributed by atoms with E-state index in [-0.39, 0.29) is 0 Å². The molecule has 0 spiro atoms. The first-order valence-corrected chi connectivity index (χ1v) is 7.78. The maximum atomic E-state index is 4.70. The van der Waals surface area contributed by atoms with Gasteiger partial charge in [-0.15, -0.1) is 0 Å². The molecule has 1 saturated heterocycles. The van der Waals surface area contributed by atoms with Crippen molar-refractivity contribution < 1.29 is 0 Å². The Labute approximate surface area is 123 Å². The molecule has 112 valence electrons. The van der Waals surface area contributed by atoms with Crippen LogP contribution in [0, 0.1) is 18.8 Å².